The summed E-state index contributed by atoms with van der Waals surface area (Å²) in [6, 6.07) is 15.8. The Morgan fingerprint density at radius 3 is 1.97 bits per heavy atom. The molecule has 3 rings (SSSR count). The molecule has 0 radical (unpaired) electrons. The van der Waals surface area contributed by atoms with Gasteiger partial charge in [-0.25, -0.2) is 8.42 Å². The fourth-order valence-electron chi connectivity index (χ4n) is 4.23. The zero-order valence-electron chi connectivity index (χ0n) is 21.1. The minimum atomic E-state index is -3.40. The smallest absolute Gasteiger partial charge is 0.304 e. The molecule has 1 N–H and O–H groups in total. The number of hydrogen-bond acceptors (Lipinski definition) is 4. The number of piperidine rings is 1. The zero-order chi connectivity index (χ0) is 27.0. The molecule has 36 heavy (non-hydrogen) atoms. The first-order valence-electron chi connectivity index (χ1n) is 12.0. The van der Waals surface area contributed by atoms with Crippen LogP contribution >= 0.6 is 23.2 Å². The second kappa shape index (κ2) is 13.5. The largest absolute Gasteiger partial charge is 0.481 e. The highest BCUT2D eigenvalue weighted by Gasteiger charge is 2.43. The second-order valence-corrected chi connectivity index (χ2v) is 13.1. The van der Waals surface area contributed by atoms with E-state index in [0.717, 1.165) is 10.6 Å². The summed E-state index contributed by atoms with van der Waals surface area (Å²) in [6.45, 7) is 7.06. The number of aliphatic carboxylic acids is 1. The quantitative estimate of drug-likeness (QED) is 0.413. The Labute approximate surface area is 224 Å². The van der Waals surface area contributed by atoms with Crippen molar-refractivity contribution in [3.63, 3.8) is 0 Å². The number of amides is 1. The molecule has 0 spiro atoms. The summed E-state index contributed by atoms with van der Waals surface area (Å²) in [5.41, 5.74) is 0.879. The van der Waals surface area contributed by atoms with Gasteiger partial charge in [-0.05, 0) is 62.4 Å². The van der Waals surface area contributed by atoms with Gasteiger partial charge in [-0.1, -0.05) is 67.4 Å². The predicted molar refractivity (Wildman–Crippen MR) is 145 cm³/mol. The summed E-state index contributed by atoms with van der Waals surface area (Å²) in [5.74, 6) is -2.19. The maximum absolute atomic E-state index is 13.4. The van der Waals surface area contributed by atoms with E-state index in [2.05, 4.69) is 0 Å². The van der Waals surface area contributed by atoms with Crippen molar-refractivity contribution < 1.29 is 23.1 Å². The third kappa shape index (κ3) is 8.49. The summed E-state index contributed by atoms with van der Waals surface area (Å²) in [4.78, 5) is 26.2. The summed E-state index contributed by atoms with van der Waals surface area (Å²) in [7, 11) is -3.40. The number of sulfone groups is 1. The van der Waals surface area contributed by atoms with E-state index in [1.54, 1.807) is 30.9 Å². The van der Waals surface area contributed by atoms with Gasteiger partial charge in [0.1, 0.15) is 0 Å². The predicted octanol–water partition coefficient (Wildman–Crippen LogP) is 6.28. The molecule has 9 heteroatoms. The van der Waals surface area contributed by atoms with Crippen molar-refractivity contribution in [1.82, 2.24) is 4.90 Å². The molecule has 1 amide bonds. The average Bonchev–Trinajstić information content (AvgIpc) is 2.80. The molecule has 198 valence electrons. The SMILES string of the molecule is CC(C)C(CS(=O)(=O)C(C)C)N1C(=O)[C@@H](CC(=O)O)CC[C@H]1c1ccc(Cl)cc1.Clc1ccccc1. The maximum Gasteiger partial charge on any atom is 0.304 e. The average molecular weight is 557 g/mol. The van der Waals surface area contributed by atoms with Gasteiger partial charge in [0.2, 0.25) is 5.91 Å². The minimum Gasteiger partial charge on any atom is -0.481 e. The van der Waals surface area contributed by atoms with Crippen LogP contribution in [0, 0.1) is 11.8 Å². The van der Waals surface area contributed by atoms with Crippen LogP contribution < -0.4 is 0 Å². The molecule has 0 aromatic heterocycles. The van der Waals surface area contributed by atoms with Crippen LogP contribution in [0.2, 0.25) is 10.0 Å². The highest BCUT2D eigenvalue weighted by atomic mass is 35.5. The van der Waals surface area contributed by atoms with Gasteiger partial charge in [0.05, 0.1) is 23.5 Å². The van der Waals surface area contributed by atoms with Crippen molar-refractivity contribution in [2.75, 3.05) is 5.75 Å². The van der Waals surface area contributed by atoms with E-state index >= 15 is 0 Å². The lowest BCUT2D eigenvalue weighted by molar-refractivity contribution is -0.151. The molecule has 1 aliphatic heterocycles. The van der Waals surface area contributed by atoms with E-state index in [9.17, 15) is 23.1 Å². The van der Waals surface area contributed by atoms with Crippen molar-refractivity contribution in [2.24, 2.45) is 11.8 Å². The van der Waals surface area contributed by atoms with Crippen LogP contribution in [0.15, 0.2) is 54.6 Å². The molecule has 1 saturated heterocycles. The monoisotopic (exact) mass is 555 g/mol. The third-order valence-corrected chi connectivity index (χ3v) is 9.13. The normalized spacial score (nSPS) is 19.1. The van der Waals surface area contributed by atoms with Gasteiger partial charge in [-0.3, -0.25) is 9.59 Å². The first-order valence-corrected chi connectivity index (χ1v) is 14.5. The molecule has 0 aliphatic carbocycles. The lowest BCUT2D eigenvalue weighted by atomic mass is 9.84. The number of carboxylic acids is 1. The number of carboxylic acid groups (broad SMARTS) is 1. The molecule has 6 nitrogen and oxygen atoms in total. The molecular formula is C27H35Cl2NO5S. The van der Waals surface area contributed by atoms with Gasteiger partial charge < -0.3 is 10.0 Å². The van der Waals surface area contributed by atoms with Crippen LogP contribution in [0.3, 0.4) is 0 Å². The molecule has 3 atom stereocenters. The van der Waals surface area contributed by atoms with Crippen molar-refractivity contribution in [2.45, 2.75) is 64.3 Å². The van der Waals surface area contributed by atoms with Crippen molar-refractivity contribution in [3.8, 4) is 0 Å². The van der Waals surface area contributed by atoms with E-state index in [0.29, 0.717) is 17.9 Å². The molecule has 0 saturated carbocycles. The fraction of sp³-hybridized carbons (Fsp3) is 0.481. The molecular weight excluding hydrogens is 521 g/mol. The first kappa shape index (κ1) is 30.1. The standard InChI is InChI=1S/C21H30ClNO5S.C6H5Cl/c1-13(2)19(12-29(27,28)14(3)4)23-18(15-5-8-17(22)9-6-15)10-7-16(21(23)26)11-20(24)25;7-6-4-2-1-3-5-6/h5-6,8-9,13-14,16,18-19H,7,10-12H2,1-4H3,(H,24,25);1-5H/t16-,18+,19?;/m1./s1. The number of carbonyl (C=O) groups is 2. The van der Waals surface area contributed by atoms with Crippen LogP contribution in [0.4, 0.5) is 0 Å². The number of benzene rings is 2. The van der Waals surface area contributed by atoms with Gasteiger partial charge in [0.25, 0.3) is 0 Å². The van der Waals surface area contributed by atoms with Crippen molar-refractivity contribution >= 4 is 44.9 Å². The van der Waals surface area contributed by atoms with Crippen LogP contribution in [0.5, 0.6) is 0 Å². The van der Waals surface area contributed by atoms with Crippen LogP contribution in [0.1, 0.15) is 58.6 Å². The van der Waals surface area contributed by atoms with E-state index in [-0.39, 0.29) is 30.0 Å². The minimum absolute atomic E-state index is 0.106. The number of halogens is 2. The van der Waals surface area contributed by atoms with Crippen LogP contribution in [-0.4, -0.2) is 47.3 Å². The van der Waals surface area contributed by atoms with Crippen molar-refractivity contribution in [1.29, 1.82) is 0 Å². The number of carbonyl (C=O) groups excluding carboxylic acids is 1. The van der Waals surface area contributed by atoms with Gasteiger partial charge in [-0.15, -0.1) is 0 Å². The molecule has 0 bridgehead atoms. The second-order valence-electron chi connectivity index (χ2n) is 9.67. The van der Waals surface area contributed by atoms with Crippen LogP contribution in [0.25, 0.3) is 0 Å². The molecule has 1 fully saturated rings. The topological polar surface area (TPSA) is 91.8 Å². The Bertz CT molecular complexity index is 1100. The number of nitrogens with zero attached hydrogens (tertiary/aromatic N) is 1. The zero-order valence-corrected chi connectivity index (χ0v) is 23.4. The molecule has 1 heterocycles. The Morgan fingerprint density at radius 2 is 1.53 bits per heavy atom. The van der Waals surface area contributed by atoms with E-state index < -0.39 is 33.0 Å². The summed E-state index contributed by atoms with van der Waals surface area (Å²) >= 11 is 11.5. The molecule has 2 aromatic carbocycles. The lowest BCUT2D eigenvalue weighted by Crippen LogP contribution is -2.54. The highest BCUT2D eigenvalue weighted by molar-refractivity contribution is 7.92. The number of likely N-dealkylation sites (tertiary alicyclic amines) is 1. The van der Waals surface area contributed by atoms with Gasteiger partial charge in [-0.2, -0.15) is 0 Å². The van der Waals surface area contributed by atoms with Gasteiger partial charge >= 0.3 is 5.97 Å². The third-order valence-electron chi connectivity index (χ3n) is 6.39. The Balaban J connectivity index is 0.000000558. The number of rotatable bonds is 8. The summed E-state index contributed by atoms with van der Waals surface area (Å²) in [5, 5.41) is 10.0. The van der Waals surface area contributed by atoms with Crippen molar-refractivity contribution in [3.05, 3.63) is 70.2 Å². The lowest BCUT2D eigenvalue weighted by Gasteiger charge is -2.45. The fourth-order valence-corrected chi connectivity index (χ4v) is 5.91. The first-order chi connectivity index (χ1) is 16.8. The number of hydrogen-bond donors (Lipinski definition) is 1. The van der Waals surface area contributed by atoms with Gasteiger partial charge in [0.15, 0.2) is 9.84 Å². The Hall–Kier alpha value is -2.09. The summed E-state index contributed by atoms with van der Waals surface area (Å²) < 4.78 is 25.4. The van der Waals surface area contributed by atoms with E-state index in [4.69, 9.17) is 23.2 Å². The van der Waals surface area contributed by atoms with E-state index in [1.807, 2.05) is 56.3 Å². The molecule has 2 aromatic rings. The molecule has 1 aliphatic rings. The Kier molecular flexibility index (Phi) is 11.3. The van der Waals surface area contributed by atoms with Crippen LogP contribution in [-0.2, 0) is 19.4 Å². The molecule has 1 unspecified atom stereocenters. The maximum atomic E-state index is 13.4. The van der Waals surface area contributed by atoms with Gasteiger partial charge in [0, 0.05) is 22.0 Å². The summed E-state index contributed by atoms with van der Waals surface area (Å²) in [6.07, 6.45) is 0.789. The Morgan fingerprint density at radius 1 is 0.972 bits per heavy atom. The highest BCUT2D eigenvalue weighted by Crippen LogP contribution is 2.39. The van der Waals surface area contributed by atoms with E-state index in [1.165, 1.54) is 0 Å².